The van der Waals surface area contributed by atoms with Crippen LogP contribution in [0.4, 0.5) is 0 Å². The second kappa shape index (κ2) is 8.43. The minimum Gasteiger partial charge on any atom is -0.296 e. The van der Waals surface area contributed by atoms with Gasteiger partial charge >= 0.3 is 0 Å². The third-order valence-corrected chi connectivity index (χ3v) is 11.1. The first-order valence-electron chi connectivity index (χ1n) is 14.0. The molecule has 0 unspecified atom stereocenters. The van der Waals surface area contributed by atoms with Crippen molar-refractivity contribution in [1.29, 1.82) is 0 Å². The molecule has 0 bridgehead atoms. The largest absolute Gasteiger partial charge is 0.296 e. The Labute approximate surface area is 213 Å². The van der Waals surface area contributed by atoms with Crippen molar-refractivity contribution >= 4 is 0 Å². The fourth-order valence-corrected chi connectivity index (χ4v) is 8.48. The smallest absolute Gasteiger partial charge is 0.0170 e. The maximum atomic E-state index is 3.11. The number of hydrogen-bond acceptors (Lipinski definition) is 4. The monoisotopic (exact) mass is 476 g/mol. The lowest BCUT2D eigenvalue weighted by atomic mass is 9.70. The van der Waals surface area contributed by atoms with Gasteiger partial charge < -0.3 is 0 Å². The second-order valence-electron chi connectivity index (χ2n) is 16.2. The number of nitrogens with zero attached hydrogens (tertiary/aromatic N) is 4. The minimum atomic E-state index is 0.206. The second-order valence-corrected chi connectivity index (χ2v) is 16.2. The first kappa shape index (κ1) is 28.4. The van der Waals surface area contributed by atoms with Gasteiger partial charge in [0.2, 0.25) is 0 Å². The maximum Gasteiger partial charge on any atom is 0.0170 e. The molecule has 3 saturated heterocycles. The highest BCUT2D eigenvalue weighted by atomic mass is 15.3. The Morgan fingerprint density at radius 3 is 0.676 bits per heavy atom. The average molecular weight is 477 g/mol. The van der Waals surface area contributed by atoms with E-state index in [2.05, 4.69) is 124 Å². The summed E-state index contributed by atoms with van der Waals surface area (Å²) in [5.41, 5.74) is 1.24. The molecule has 0 aromatic heterocycles. The maximum absolute atomic E-state index is 3.11. The molecule has 0 saturated carbocycles. The van der Waals surface area contributed by atoms with Crippen molar-refractivity contribution in [3.63, 3.8) is 0 Å². The lowest BCUT2D eigenvalue weighted by Crippen LogP contribution is -2.71. The Morgan fingerprint density at radius 2 is 0.529 bits per heavy atom. The zero-order valence-corrected chi connectivity index (χ0v) is 25.8. The van der Waals surface area contributed by atoms with Crippen LogP contribution < -0.4 is 0 Å². The van der Waals surface area contributed by atoms with Crippen molar-refractivity contribution in [3.05, 3.63) is 0 Å². The van der Waals surface area contributed by atoms with Crippen LogP contribution >= 0.6 is 0 Å². The quantitative estimate of drug-likeness (QED) is 0.478. The molecule has 34 heavy (non-hydrogen) atoms. The van der Waals surface area contributed by atoms with E-state index in [1.54, 1.807) is 0 Å². The summed E-state index contributed by atoms with van der Waals surface area (Å²) in [6.45, 7) is 29.7. The SMILES string of the molecule is CN1C(C)(C)CC(N(C2CC(C)(C)N(C)C(C)(C)C2)C2CC(C)(C)N(C)C(C)(C)C2)CC1(C)C. The van der Waals surface area contributed by atoms with Gasteiger partial charge in [-0.15, -0.1) is 0 Å². The highest BCUT2D eigenvalue weighted by Crippen LogP contribution is 2.48. The number of piperidine rings is 3. The van der Waals surface area contributed by atoms with Crippen LogP contribution in [-0.4, -0.2) is 92.1 Å². The highest BCUT2D eigenvalue weighted by molar-refractivity contribution is 5.10. The summed E-state index contributed by atoms with van der Waals surface area (Å²) >= 11 is 0. The van der Waals surface area contributed by atoms with E-state index in [9.17, 15) is 0 Å². The van der Waals surface area contributed by atoms with Crippen LogP contribution in [0.15, 0.2) is 0 Å². The molecule has 0 atom stereocenters. The lowest BCUT2D eigenvalue weighted by Gasteiger charge is -2.64. The zero-order chi connectivity index (χ0) is 26.3. The molecule has 0 amide bonds. The van der Waals surface area contributed by atoms with Gasteiger partial charge in [0.1, 0.15) is 0 Å². The third-order valence-electron chi connectivity index (χ3n) is 11.1. The summed E-state index contributed by atoms with van der Waals surface area (Å²) in [5.74, 6) is 0. The molecule has 0 spiro atoms. The fourth-order valence-electron chi connectivity index (χ4n) is 8.48. The standard InChI is InChI=1S/C30H60N4/c1-25(2)16-22(17-26(3,4)31(25)13)34(23-18-27(5,6)32(14)28(7,8)19-23)24-20-29(9,10)33(15)30(11,12)21-24/h22-24H,16-21H2,1-15H3. The molecular formula is C30H60N4. The predicted octanol–water partition coefficient (Wildman–Crippen LogP) is 6.24. The van der Waals surface area contributed by atoms with Crippen LogP contribution in [-0.2, 0) is 0 Å². The predicted molar refractivity (Wildman–Crippen MR) is 149 cm³/mol. The molecule has 0 N–H and O–H groups in total. The Balaban J connectivity index is 2.08. The Hall–Kier alpha value is -0.160. The molecule has 0 aromatic rings. The Bertz CT molecular complexity index is 593. The summed E-state index contributed by atoms with van der Waals surface area (Å²) in [4.78, 5) is 11.1. The van der Waals surface area contributed by atoms with Crippen LogP contribution in [0, 0.1) is 0 Å². The fraction of sp³-hybridized carbons (Fsp3) is 1.00. The molecule has 3 aliphatic heterocycles. The topological polar surface area (TPSA) is 13.0 Å². The summed E-state index contributed by atoms with van der Waals surface area (Å²) in [6, 6.07) is 1.88. The minimum absolute atomic E-state index is 0.206. The first-order valence-corrected chi connectivity index (χ1v) is 14.0. The summed E-state index contributed by atoms with van der Waals surface area (Å²) in [5, 5.41) is 0. The lowest BCUT2D eigenvalue weighted by molar-refractivity contribution is -0.130. The van der Waals surface area contributed by atoms with Gasteiger partial charge in [-0.25, -0.2) is 0 Å². The van der Waals surface area contributed by atoms with E-state index in [1.165, 1.54) is 38.5 Å². The van der Waals surface area contributed by atoms with Crippen LogP contribution in [0.1, 0.15) is 122 Å². The average Bonchev–Trinajstić information content (AvgIpc) is 2.61. The summed E-state index contributed by atoms with van der Waals surface area (Å²) < 4.78 is 0. The van der Waals surface area contributed by atoms with Crippen LogP contribution in [0.2, 0.25) is 0 Å². The molecule has 4 heteroatoms. The number of likely N-dealkylation sites (tertiary alicyclic amines) is 3. The van der Waals surface area contributed by atoms with Crippen molar-refractivity contribution in [1.82, 2.24) is 19.6 Å². The van der Waals surface area contributed by atoms with Gasteiger partial charge in [-0.05, 0) is 143 Å². The highest BCUT2D eigenvalue weighted by Gasteiger charge is 2.54. The van der Waals surface area contributed by atoms with E-state index in [0.717, 1.165) is 0 Å². The van der Waals surface area contributed by atoms with Crippen molar-refractivity contribution in [3.8, 4) is 0 Å². The van der Waals surface area contributed by atoms with Gasteiger partial charge in [0, 0.05) is 51.4 Å². The molecule has 0 radical (unpaired) electrons. The van der Waals surface area contributed by atoms with E-state index in [1.807, 2.05) is 0 Å². The summed E-state index contributed by atoms with van der Waals surface area (Å²) in [6.07, 6.45) is 7.54. The van der Waals surface area contributed by atoms with E-state index in [0.29, 0.717) is 18.1 Å². The van der Waals surface area contributed by atoms with Gasteiger partial charge in [-0.3, -0.25) is 19.6 Å². The van der Waals surface area contributed by atoms with Gasteiger partial charge in [0.25, 0.3) is 0 Å². The van der Waals surface area contributed by atoms with Crippen LogP contribution in [0.5, 0.6) is 0 Å². The van der Waals surface area contributed by atoms with E-state index >= 15 is 0 Å². The van der Waals surface area contributed by atoms with Crippen LogP contribution in [0.25, 0.3) is 0 Å². The normalized spacial score (nSPS) is 32.8. The van der Waals surface area contributed by atoms with Gasteiger partial charge in [0.05, 0.1) is 0 Å². The molecule has 3 aliphatic rings. The van der Waals surface area contributed by atoms with E-state index in [-0.39, 0.29) is 33.2 Å². The molecule has 4 nitrogen and oxygen atoms in total. The van der Waals surface area contributed by atoms with Crippen molar-refractivity contribution in [2.45, 2.75) is 173 Å². The number of rotatable bonds is 3. The molecule has 3 rings (SSSR count). The molecule has 0 aliphatic carbocycles. The van der Waals surface area contributed by atoms with E-state index < -0.39 is 0 Å². The van der Waals surface area contributed by atoms with Gasteiger partial charge in [-0.2, -0.15) is 0 Å². The van der Waals surface area contributed by atoms with Crippen molar-refractivity contribution in [2.24, 2.45) is 0 Å². The third kappa shape index (κ3) is 5.00. The molecule has 3 heterocycles. The van der Waals surface area contributed by atoms with Crippen molar-refractivity contribution < 1.29 is 0 Å². The first-order chi connectivity index (χ1) is 15.0. The van der Waals surface area contributed by atoms with Crippen LogP contribution in [0.3, 0.4) is 0 Å². The molecule has 3 fully saturated rings. The molecule has 200 valence electrons. The van der Waals surface area contributed by atoms with E-state index in [4.69, 9.17) is 0 Å². The van der Waals surface area contributed by atoms with Crippen molar-refractivity contribution in [2.75, 3.05) is 21.1 Å². The van der Waals surface area contributed by atoms with Gasteiger partial charge in [0.15, 0.2) is 0 Å². The van der Waals surface area contributed by atoms with Gasteiger partial charge in [-0.1, -0.05) is 0 Å². The number of hydrogen-bond donors (Lipinski definition) is 0. The Kier molecular flexibility index (Phi) is 7.05. The zero-order valence-electron chi connectivity index (χ0n) is 25.8. The summed E-state index contributed by atoms with van der Waals surface area (Å²) in [7, 11) is 7.05. The molecule has 0 aromatic carbocycles. The molecular weight excluding hydrogens is 416 g/mol. The Morgan fingerprint density at radius 1 is 0.382 bits per heavy atom.